The molecule has 4 aromatic carbocycles. The van der Waals surface area contributed by atoms with Crippen LogP contribution in [0.15, 0.2) is 94.4 Å². The van der Waals surface area contributed by atoms with E-state index in [9.17, 15) is 0 Å². The van der Waals surface area contributed by atoms with Gasteiger partial charge in [0.05, 0.1) is 16.1 Å². The zero-order chi connectivity index (χ0) is 24.7. The molecule has 0 bridgehead atoms. The Labute approximate surface area is 225 Å². The van der Waals surface area contributed by atoms with Gasteiger partial charge in [0.1, 0.15) is 4.70 Å². The molecule has 0 amide bonds. The van der Waals surface area contributed by atoms with Gasteiger partial charge >= 0.3 is 0 Å². The maximum absolute atomic E-state index is 2.62. The topological polar surface area (TPSA) is 7.12 Å². The fraction of sp³-hybridized carbons (Fsp3) is 0.242. The first-order valence-electron chi connectivity index (χ1n) is 13.4. The van der Waals surface area contributed by atoms with Gasteiger partial charge in [0.15, 0.2) is 6.54 Å². The van der Waals surface area contributed by atoms with Crippen LogP contribution in [0.2, 0.25) is 0 Å². The zero-order valence-electron chi connectivity index (χ0n) is 21.2. The summed E-state index contributed by atoms with van der Waals surface area (Å²) in [6, 6.07) is 27.0. The third-order valence-corrected chi connectivity index (χ3v) is 11.0. The van der Waals surface area contributed by atoms with Crippen LogP contribution in [0.25, 0.3) is 37.3 Å². The van der Waals surface area contributed by atoms with E-state index in [0.29, 0.717) is 11.8 Å². The fourth-order valence-corrected chi connectivity index (χ4v) is 9.19. The van der Waals surface area contributed by atoms with Gasteiger partial charge in [-0.2, -0.15) is 4.57 Å². The number of anilines is 1. The van der Waals surface area contributed by atoms with Gasteiger partial charge in [-0.1, -0.05) is 91.5 Å². The Morgan fingerprint density at radius 2 is 1.59 bits per heavy atom. The summed E-state index contributed by atoms with van der Waals surface area (Å²) in [7, 11) is 0. The lowest BCUT2D eigenvalue weighted by Gasteiger charge is -2.32. The second kappa shape index (κ2) is 8.21. The van der Waals surface area contributed by atoms with Gasteiger partial charge in [-0.25, -0.2) is 0 Å². The number of allylic oxidation sites excluding steroid dienone is 3. The molecule has 2 nitrogen and oxygen atoms in total. The molecule has 0 spiro atoms. The molecule has 0 saturated carbocycles. The maximum atomic E-state index is 2.62. The van der Waals surface area contributed by atoms with E-state index < -0.39 is 0 Å². The molecule has 0 N–H and O–H groups in total. The summed E-state index contributed by atoms with van der Waals surface area (Å²) in [4.78, 5) is 4.02. The molecule has 0 fully saturated rings. The minimum Gasteiger partial charge on any atom is -0.334 e. The highest BCUT2D eigenvalue weighted by molar-refractivity contribution is 8.03. The number of aryl methyl sites for hydroxylation is 1. The SMILES string of the molecule is CC1CC[n+]2c(sc3ccc4ccccc4c32)C1=CC1=C2Sc3ccc4ccccc4c3N2CCC1C. The molecule has 2 unspecified atom stereocenters. The van der Waals surface area contributed by atoms with Gasteiger partial charge in [-0.05, 0) is 58.9 Å². The van der Waals surface area contributed by atoms with E-state index in [1.54, 1.807) is 0 Å². The van der Waals surface area contributed by atoms with Crippen LogP contribution in [0.5, 0.6) is 0 Å². The van der Waals surface area contributed by atoms with Crippen molar-refractivity contribution in [3.8, 4) is 0 Å². The molecule has 4 heterocycles. The van der Waals surface area contributed by atoms with Gasteiger partial charge in [0, 0.05) is 28.8 Å². The molecule has 3 aliphatic rings. The van der Waals surface area contributed by atoms with Crippen LogP contribution < -0.4 is 9.47 Å². The first-order valence-corrected chi connectivity index (χ1v) is 15.1. The molecule has 0 saturated heterocycles. The highest BCUT2D eigenvalue weighted by Crippen LogP contribution is 2.54. The lowest BCUT2D eigenvalue weighted by molar-refractivity contribution is -0.673. The standard InChI is InChI=1S/C33H29N2S2/c1-20-15-17-34-30-24-9-5-3-7-22(24)11-13-28(30)36-32(34)26(20)19-27-21(2)16-18-35-31-25-10-6-4-8-23(25)12-14-29(31)37-33(27)35/h3-14,19-21H,15-18H2,1-2H3/q+1. The number of thioether (sulfide) groups is 1. The summed E-state index contributed by atoms with van der Waals surface area (Å²) in [5.41, 5.74) is 5.88. The number of thiazole rings is 1. The molecule has 0 aliphatic carbocycles. The van der Waals surface area contributed by atoms with Crippen molar-refractivity contribution in [3.05, 3.63) is 94.5 Å². The monoisotopic (exact) mass is 517 g/mol. The van der Waals surface area contributed by atoms with E-state index in [1.807, 2.05) is 23.1 Å². The Morgan fingerprint density at radius 1 is 0.838 bits per heavy atom. The van der Waals surface area contributed by atoms with Crippen molar-refractivity contribution in [2.75, 3.05) is 11.4 Å². The van der Waals surface area contributed by atoms with Crippen molar-refractivity contribution in [2.24, 2.45) is 11.8 Å². The predicted octanol–water partition coefficient (Wildman–Crippen LogP) is 8.78. The Morgan fingerprint density at radius 3 is 2.46 bits per heavy atom. The minimum atomic E-state index is 0.560. The van der Waals surface area contributed by atoms with E-state index in [-0.39, 0.29) is 0 Å². The van der Waals surface area contributed by atoms with E-state index in [4.69, 9.17) is 0 Å². The van der Waals surface area contributed by atoms with Gasteiger partial charge < -0.3 is 4.90 Å². The average Bonchev–Trinajstić information content (AvgIpc) is 3.50. The summed E-state index contributed by atoms with van der Waals surface area (Å²) in [5, 5.41) is 8.33. The molecule has 0 radical (unpaired) electrons. The van der Waals surface area contributed by atoms with Crippen molar-refractivity contribution in [3.63, 3.8) is 0 Å². The largest absolute Gasteiger partial charge is 0.334 e. The van der Waals surface area contributed by atoms with Crippen molar-refractivity contribution in [1.29, 1.82) is 0 Å². The number of benzene rings is 4. The Bertz CT molecular complexity index is 1810. The van der Waals surface area contributed by atoms with E-state index >= 15 is 0 Å². The minimum absolute atomic E-state index is 0.560. The number of hydrogen-bond donors (Lipinski definition) is 0. The van der Waals surface area contributed by atoms with Crippen LogP contribution >= 0.6 is 23.1 Å². The molecule has 5 aromatic rings. The van der Waals surface area contributed by atoms with E-state index in [1.165, 1.54) is 76.4 Å². The third-order valence-electron chi connectivity index (χ3n) is 8.61. The molecule has 1 aromatic heterocycles. The van der Waals surface area contributed by atoms with Crippen molar-refractivity contribution >= 4 is 66.1 Å². The molecular weight excluding hydrogens is 489 g/mol. The van der Waals surface area contributed by atoms with Crippen LogP contribution in [-0.2, 0) is 6.54 Å². The van der Waals surface area contributed by atoms with Crippen LogP contribution in [0.4, 0.5) is 5.69 Å². The van der Waals surface area contributed by atoms with Crippen molar-refractivity contribution < 1.29 is 4.57 Å². The lowest BCUT2D eigenvalue weighted by Crippen LogP contribution is -2.41. The lowest BCUT2D eigenvalue weighted by atomic mass is 9.88. The van der Waals surface area contributed by atoms with Gasteiger partial charge in [0.2, 0.25) is 5.52 Å². The van der Waals surface area contributed by atoms with Crippen LogP contribution in [0, 0.1) is 11.8 Å². The predicted molar refractivity (Wildman–Crippen MR) is 159 cm³/mol. The normalized spacial score (nSPS) is 22.2. The number of nitrogens with zero attached hydrogens (tertiary/aromatic N) is 2. The first kappa shape index (κ1) is 22.0. The fourth-order valence-electron chi connectivity index (χ4n) is 6.52. The smallest absolute Gasteiger partial charge is 0.266 e. The van der Waals surface area contributed by atoms with Gasteiger partial charge in [-0.3, -0.25) is 0 Å². The van der Waals surface area contributed by atoms with E-state index in [0.717, 1.165) is 13.1 Å². The Hall–Kier alpha value is -3.08. The van der Waals surface area contributed by atoms with Gasteiger partial charge in [0.25, 0.3) is 5.01 Å². The first-order chi connectivity index (χ1) is 18.2. The Balaban J connectivity index is 1.32. The van der Waals surface area contributed by atoms with Crippen LogP contribution in [-0.4, -0.2) is 6.54 Å². The summed E-state index contributed by atoms with van der Waals surface area (Å²) in [6.07, 6.45) is 4.98. The third kappa shape index (κ3) is 3.22. The molecule has 182 valence electrons. The molecule has 4 heteroatoms. The summed E-state index contributed by atoms with van der Waals surface area (Å²) >= 11 is 3.96. The molecule has 37 heavy (non-hydrogen) atoms. The average molecular weight is 518 g/mol. The summed E-state index contributed by atoms with van der Waals surface area (Å²) < 4.78 is 4.02. The number of fused-ring (bicyclic) bond motifs is 10. The van der Waals surface area contributed by atoms with Crippen molar-refractivity contribution in [1.82, 2.24) is 0 Å². The maximum Gasteiger partial charge on any atom is 0.266 e. The number of aromatic nitrogens is 1. The van der Waals surface area contributed by atoms with Gasteiger partial charge in [-0.15, -0.1) is 0 Å². The zero-order valence-corrected chi connectivity index (χ0v) is 22.8. The Kier molecular flexibility index (Phi) is 4.87. The molecule has 8 rings (SSSR count). The second-order valence-electron chi connectivity index (χ2n) is 10.8. The van der Waals surface area contributed by atoms with E-state index in [2.05, 4.69) is 102 Å². The number of hydrogen-bond acceptors (Lipinski definition) is 3. The summed E-state index contributed by atoms with van der Waals surface area (Å²) in [6.45, 7) is 7.06. The van der Waals surface area contributed by atoms with Crippen LogP contribution in [0.1, 0.15) is 31.7 Å². The van der Waals surface area contributed by atoms with Crippen LogP contribution in [0.3, 0.4) is 0 Å². The van der Waals surface area contributed by atoms with Crippen molar-refractivity contribution in [2.45, 2.75) is 38.1 Å². The number of rotatable bonds is 1. The highest BCUT2D eigenvalue weighted by atomic mass is 32.2. The highest BCUT2D eigenvalue weighted by Gasteiger charge is 2.37. The summed E-state index contributed by atoms with van der Waals surface area (Å²) in [5.74, 6) is 1.12. The molecule has 2 atom stereocenters. The second-order valence-corrected chi connectivity index (χ2v) is 12.9. The quantitative estimate of drug-likeness (QED) is 0.205. The molecular formula is C33H29N2S2+. The molecule has 3 aliphatic heterocycles.